The molecule has 1 aliphatic rings. The van der Waals surface area contributed by atoms with Crippen LogP contribution in [0.25, 0.3) is 0 Å². The van der Waals surface area contributed by atoms with Crippen molar-refractivity contribution in [1.29, 1.82) is 0 Å². The Kier molecular flexibility index (Phi) is 6.32. The first-order valence-electron chi connectivity index (χ1n) is 6.78. The lowest BCUT2D eigenvalue weighted by Crippen LogP contribution is -2.46. The van der Waals surface area contributed by atoms with E-state index in [1.54, 1.807) is 6.92 Å². The number of amides is 2. The van der Waals surface area contributed by atoms with E-state index in [1.807, 2.05) is 0 Å². The van der Waals surface area contributed by atoms with Crippen LogP contribution in [0.4, 0.5) is 0 Å². The van der Waals surface area contributed by atoms with E-state index in [0.29, 0.717) is 12.3 Å². The molecule has 0 heterocycles. The fourth-order valence-corrected chi connectivity index (χ4v) is 2.34. The monoisotopic (exact) mass is 270 g/mol. The maximum absolute atomic E-state index is 11.8. The maximum atomic E-state index is 11.8. The standard InChI is InChI=1S/C13H22N2O4/c1-9(13(19)14-8-12(17)18)15-11(16)7-10-5-3-2-4-6-10/h9-10H,2-8H2,1H3,(H,14,19)(H,15,16)(H,17,18). The zero-order valence-electron chi connectivity index (χ0n) is 11.3. The van der Waals surface area contributed by atoms with Gasteiger partial charge >= 0.3 is 5.97 Å². The van der Waals surface area contributed by atoms with Crippen molar-refractivity contribution in [2.24, 2.45) is 5.92 Å². The number of hydrogen-bond acceptors (Lipinski definition) is 3. The number of carboxylic acids is 1. The van der Waals surface area contributed by atoms with Crippen LogP contribution in [0, 0.1) is 5.92 Å². The number of hydrogen-bond donors (Lipinski definition) is 3. The third kappa shape index (κ3) is 6.22. The van der Waals surface area contributed by atoms with Crippen LogP contribution in [0.2, 0.25) is 0 Å². The molecule has 2 amide bonds. The number of nitrogens with one attached hydrogen (secondary N) is 2. The Balaban J connectivity index is 2.26. The average Bonchev–Trinajstić information content (AvgIpc) is 2.36. The van der Waals surface area contributed by atoms with Crippen LogP contribution in [-0.4, -0.2) is 35.5 Å². The molecule has 1 rings (SSSR count). The van der Waals surface area contributed by atoms with E-state index < -0.39 is 24.5 Å². The van der Waals surface area contributed by atoms with Crippen molar-refractivity contribution in [3.8, 4) is 0 Å². The quantitative estimate of drug-likeness (QED) is 0.660. The first-order valence-corrected chi connectivity index (χ1v) is 6.78. The minimum Gasteiger partial charge on any atom is -0.480 e. The van der Waals surface area contributed by atoms with Gasteiger partial charge in [-0.1, -0.05) is 19.3 Å². The second-order valence-electron chi connectivity index (χ2n) is 5.11. The average molecular weight is 270 g/mol. The van der Waals surface area contributed by atoms with Gasteiger partial charge in [-0.3, -0.25) is 14.4 Å². The van der Waals surface area contributed by atoms with Crippen molar-refractivity contribution in [2.45, 2.75) is 51.5 Å². The van der Waals surface area contributed by atoms with Crippen LogP contribution in [-0.2, 0) is 14.4 Å². The zero-order valence-corrected chi connectivity index (χ0v) is 11.3. The number of rotatable bonds is 6. The molecule has 1 fully saturated rings. The Hall–Kier alpha value is -1.59. The molecule has 6 nitrogen and oxygen atoms in total. The van der Waals surface area contributed by atoms with Crippen LogP contribution in [0.15, 0.2) is 0 Å². The highest BCUT2D eigenvalue weighted by atomic mass is 16.4. The summed E-state index contributed by atoms with van der Waals surface area (Å²) in [4.78, 5) is 33.6. The lowest BCUT2D eigenvalue weighted by Gasteiger charge is -2.21. The molecule has 1 unspecified atom stereocenters. The van der Waals surface area contributed by atoms with Gasteiger partial charge in [0.15, 0.2) is 0 Å². The predicted molar refractivity (Wildman–Crippen MR) is 69.4 cm³/mol. The van der Waals surface area contributed by atoms with E-state index in [9.17, 15) is 14.4 Å². The van der Waals surface area contributed by atoms with Crippen molar-refractivity contribution in [2.75, 3.05) is 6.54 Å². The second kappa shape index (κ2) is 7.76. The van der Waals surface area contributed by atoms with Crippen LogP contribution in [0.5, 0.6) is 0 Å². The van der Waals surface area contributed by atoms with E-state index in [2.05, 4.69) is 10.6 Å². The van der Waals surface area contributed by atoms with Gasteiger partial charge in [0.2, 0.25) is 11.8 Å². The summed E-state index contributed by atoms with van der Waals surface area (Å²) in [6.07, 6.45) is 6.20. The van der Waals surface area contributed by atoms with E-state index in [0.717, 1.165) is 12.8 Å². The van der Waals surface area contributed by atoms with Gasteiger partial charge in [0.05, 0.1) is 0 Å². The van der Waals surface area contributed by atoms with Crippen molar-refractivity contribution in [3.05, 3.63) is 0 Å². The third-order valence-electron chi connectivity index (χ3n) is 3.38. The topological polar surface area (TPSA) is 95.5 Å². The van der Waals surface area contributed by atoms with Crippen molar-refractivity contribution < 1.29 is 19.5 Å². The summed E-state index contributed by atoms with van der Waals surface area (Å²) in [7, 11) is 0. The molecular formula is C13H22N2O4. The highest BCUT2D eigenvalue weighted by Gasteiger charge is 2.20. The Morgan fingerprint density at radius 1 is 1.21 bits per heavy atom. The van der Waals surface area contributed by atoms with Crippen LogP contribution < -0.4 is 10.6 Å². The summed E-state index contributed by atoms with van der Waals surface area (Å²) in [6, 6.07) is -0.699. The van der Waals surface area contributed by atoms with Crippen LogP contribution in [0.3, 0.4) is 0 Å². The Labute approximate surface area is 112 Å². The van der Waals surface area contributed by atoms with E-state index >= 15 is 0 Å². The van der Waals surface area contributed by atoms with Crippen molar-refractivity contribution in [3.63, 3.8) is 0 Å². The van der Waals surface area contributed by atoms with E-state index in [4.69, 9.17) is 5.11 Å². The minimum absolute atomic E-state index is 0.134. The predicted octanol–water partition coefficient (Wildman–Crippen LogP) is 0.662. The number of carbonyl (C=O) groups is 3. The molecule has 6 heteroatoms. The summed E-state index contributed by atoms with van der Waals surface area (Å²) in [5.41, 5.74) is 0. The lowest BCUT2D eigenvalue weighted by atomic mass is 9.87. The third-order valence-corrected chi connectivity index (χ3v) is 3.38. The van der Waals surface area contributed by atoms with Crippen molar-refractivity contribution in [1.82, 2.24) is 10.6 Å². The number of carboxylic acid groups (broad SMARTS) is 1. The summed E-state index contributed by atoms with van der Waals surface area (Å²) < 4.78 is 0. The summed E-state index contributed by atoms with van der Waals surface area (Å²) in [6.45, 7) is 1.12. The molecule has 0 aromatic heterocycles. The lowest BCUT2D eigenvalue weighted by molar-refractivity contribution is -0.138. The first kappa shape index (κ1) is 15.5. The van der Waals surface area contributed by atoms with Crippen LogP contribution >= 0.6 is 0 Å². The molecule has 0 aromatic rings. The van der Waals surface area contributed by atoms with Gasteiger partial charge in [-0.2, -0.15) is 0 Å². The minimum atomic E-state index is -1.10. The van der Waals surface area contributed by atoms with Gasteiger partial charge in [0.25, 0.3) is 0 Å². The molecule has 0 bridgehead atoms. The molecule has 1 aliphatic carbocycles. The molecule has 0 aliphatic heterocycles. The Morgan fingerprint density at radius 2 is 1.84 bits per heavy atom. The molecular weight excluding hydrogens is 248 g/mol. The smallest absolute Gasteiger partial charge is 0.322 e. The summed E-state index contributed by atoms with van der Waals surface area (Å²) in [5, 5.41) is 13.3. The van der Waals surface area contributed by atoms with Gasteiger partial charge in [-0.15, -0.1) is 0 Å². The highest BCUT2D eigenvalue weighted by molar-refractivity contribution is 5.89. The van der Waals surface area contributed by atoms with E-state index in [-0.39, 0.29) is 5.91 Å². The highest BCUT2D eigenvalue weighted by Crippen LogP contribution is 2.26. The van der Waals surface area contributed by atoms with E-state index in [1.165, 1.54) is 19.3 Å². The number of aliphatic carboxylic acids is 1. The fraction of sp³-hybridized carbons (Fsp3) is 0.769. The largest absolute Gasteiger partial charge is 0.480 e. The summed E-state index contributed by atoms with van der Waals surface area (Å²) in [5.74, 6) is -1.29. The first-order chi connectivity index (χ1) is 8.99. The SMILES string of the molecule is CC(NC(=O)CC1CCCCC1)C(=O)NCC(=O)O. The van der Waals surface area contributed by atoms with Crippen LogP contribution in [0.1, 0.15) is 45.4 Å². The fourth-order valence-electron chi connectivity index (χ4n) is 2.34. The second-order valence-corrected chi connectivity index (χ2v) is 5.11. The molecule has 0 spiro atoms. The van der Waals surface area contributed by atoms with Gasteiger partial charge < -0.3 is 15.7 Å². The molecule has 3 N–H and O–H groups in total. The maximum Gasteiger partial charge on any atom is 0.322 e. The number of carbonyl (C=O) groups excluding carboxylic acids is 2. The zero-order chi connectivity index (χ0) is 14.3. The molecule has 1 atom stereocenters. The summed E-state index contributed by atoms with van der Waals surface area (Å²) >= 11 is 0. The molecule has 0 saturated heterocycles. The molecule has 0 radical (unpaired) electrons. The molecule has 19 heavy (non-hydrogen) atoms. The Bertz CT molecular complexity index is 338. The molecule has 108 valence electrons. The van der Waals surface area contributed by atoms with Gasteiger partial charge in [-0.25, -0.2) is 0 Å². The normalized spacial score (nSPS) is 17.5. The van der Waals surface area contributed by atoms with Crippen molar-refractivity contribution >= 4 is 17.8 Å². The molecule has 0 aromatic carbocycles. The van der Waals surface area contributed by atoms with Gasteiger partial charge in [0.1, 0.15) is 12.6 Å². The van der Waals surface area contributed by atoms with Gasteiger partial charge in [-0.05, 0) is 25.7 Å². The van der Waals surface area contributed by atoms with Gasteiger partial charge in [0, 0.05) is 6.42 Å². The Morgan fingerprint density at radius 3 is 2.42 bits per heavy atom. The molecule has 1 saturated carbocycles.